The lowest BCUT2D eigenvalue weighted by atomic mass is 9.98. The van der Waals surface area contributed by atoms with Crippen molar-refractivity contribution in [2.75, 3.05) is 18.4 Å². The Labute approximate surface area is 130 Å². The van der Waals surface area contributed by atoms with Crippen molar-refractivity contribution in [3.63, 3.8) is 0 Å². The van der Waals surface area contributed by atoms with Gasteiger partial charge < -0.3 is 10.2 Å². The van der Waals surface area contributed by atoms with Gasteiger partial charge in [-0.25, -0.2) is 9.78 Å². The minimum absolute atomic E-state index is 0.0212. The standard InChI is InChI=1S/C16H21N5O/c1-13-4-6-15(7-5-13)19-16(22)20-8-2-3-14(9-20)10-21-12-17-11-18-21/h4-7,11-12,14H,2-3,8-10H2,1H3,(H,19,22)/t14-/m1/s1. The van der Waals surface area contributed by atoms with Crippen molar-refractivity contribution in [2.24, 2.45) is 5.92 Å². The van der Waals surface area contributed by atoms with Crippen molar-refractivity contribution in [1.29, 1.82) is 0 Å². The molecule has 0 unspecified atom stereocenters. The molecule has 1 aliphatic heterocycles. The van der Waals surface area contributed by atoms with Crippen LogP contribution >= 0.6 is 0 Å². The summed E-state index contributed by atoms with van der Waals surface area (Å²) < 4.78 is 1.84. The number of amides is 2. The van der Waals surface area contributed by atoms with Gasteiger partial charge in [-0.2, -0.15) is 5.10 Å². The summed E-state index contributed by atoms with van der Waals surface area (Å²) in [4.78, 5) is 18.2. The molecule has 116 valence electrons. The van der Waals surface area contributed by atoms with E-state index in [9.17, 15) is 4.79 Å². The Hall–Kier alpha value is -2.37. The number of aromatic nitrogens is 3. The maximum absolute atomic E-state index is 12.4. The second kappa shape index (κ2) is 6.60. The van der Waals surface area contributed by atoms with E-state index in [4.69, 9.17) is 0 Å². The molecule has 0 radical (unpaired) electrons. The molecule has 2 heterocycles. The van der Waals surface area contributed by atoms with E-state index in [0.29, 0.717) is 5.92 Å². The van der Waals surface area contributed by atoms with Crippen LogP contribution in [0.25, 0.3) is 0 Å². The summed E-state index contributed by atoms with van der Waals surface area (Å²) in [5.41, 5.74) is 2.03. The number of nitrogens with one attached hydrogen (secondary N) is 1. The van der Waals surface area contributed by atoms with Gasteiger partial charge >= 0.3 is 6.03 Å². The molecule has 1 aromatic heterocycles. The van der Waals surface area contributed by atoms with Crippen LogP contribution in [0.4, 0.5) is 10.5 Å². The van der Waals surface area contributed by atoms with Crippen LogP contribution in [0, 0.1) is 12.8 Å². The topological polar surface area (TPSA) is 63.1 Å². The number of hydrogen-bond donors (Lipinski definition) is 1. The molecule has 0 bridgehead atoms. The molecular formula is C16H21N5O. The lowest BCUT2D eigenvalue weighted by Crippen LogP contribution is -2.43. The molecule has 2 aromatic rings. The highest BCUT2D eigenvalue weighted by molar-refractivity contribution is 5.89. The molecule has 6 heteroatoms. The highest BCUT2D eigenvalue weighted by Gasteiger charge is 2.24. The van der Waals surface area contributed by atoms with Gasteiger partial charge in [0.15, 0.2) is 0 Å². The molecule has 0 aliphatic carbocycles. The van der Waals surface area contributed by atoms with Gasteiger partial charge in [0, 0.05) is 25.3 Å². The number of aryl methyl sites for hydroxylation is 1. The summed E-state index contributed by atoms with van der Waals surface area (Å²) in [5, 5.41) is 7.11. The van der Waals surface area contributed by atoms with Gasteiger partial charge in [0.2, 0.25) is 0 Å². The molecule has 22 heavy (non-hydrogen) atoms. The number of urea groups is 1. The number of hydrogen-bond acceptors (Lipinski definition) is 3. The summed E-state index contributed by atoms with van der Waals surface area (Å²) in [6.07, 6.45) is 5.42. The fourth-order valence-corrected chi connectivity index (χ4v) is 2.83. The maximum atomic E-state index is 12.4. The fraction of sp³-hybridized carbons (Fsp3) is 0.438. The number of anilines is 1. The minimum Gasteiger partial charge on any atom is -0.324 e. The van der Waals surface area contributed by atoms with Crippen LogP contribution in [0.3, 0.4) is 0 Å². The highest BCUT2D eigenvalue weighted by Crippen LogP contribution is 2.19. The van der Waals surface area contributed by atoms with Gasteiger partial charge in [-0.15, -0.1) is 0 Å². The Bertz CT molecular complexity index is 608. The predicted octanol–water partition coefficient (Wildman–Crippen LogP) is 2.53. The zero-order chi connectivity index (χ0) is 15.4. The van der Waals surface area contributed by atoms with Gasteiger partial charge in [0.25, 0.3) is 0 Å². The Balaban J connectivity index is 1.56. The molecule has 3 rings (SSSR count). The van der Waals surface area contributed by atoms with Gasteiger partial charge in [0.05, 0.1) is 0 Å². The second-order valence-electron chi connectivity index (χ2n) is 5.87. The van der Waals surface area contributed by atoms with E-state index >= 15 is 0 Å². The van der Waals surface area contributed by atoms with Crippen molar-refractivity contribution in [3.05, 3.63) is 42.5 Å². The predicted molar refractivity (Wildman–Crippen MR) is 84.5 cm³/mol. The smallest absolute Gasteiger partial charge is 0.321 e. The number of rotatable bonds is 3. The Kier molecular flexibility index (Phi) is 4.37. The molecule has 0 saturated carbocycles. The van der Waals surface area contributed by atoms with Crippen LogP contribution in [-0.2, 0) is 6.54 Å². The first-order chi connectivity index (χ1) is 10.7. The largest absolute Gasteiger partial charge is 0.324 e. The summed E-state index contributed by atoms with van der Waals surface area (Å²) in [7, 11) is 0. The molecule has 1 aliphatic rings. The van der Waals surface area contributed by atoms with Gasteiger partial charge in [-0.05, 0) is 37.8 Å². The quantitative estimate of drug-likeness (QED) is 0.947. The molecule has 0 spiro atoms. The normalized spacial score (nSPS) is 18.2. The Morgan fingerprint density at radius 3 is 2.91 bits per heavy atom. The number of carbonyl (C=O) groups excluding carboxylic acids is 1. The molecule has 1 atom stereocenters. The number of benzene rings is 1. The van der Waals surface area contributed by atoms with Crippen LogP contribution in [-0.4, -0.2) is 38.8 Å². The lowest BCUT2D eigenvalue weighted by Gasteiger charge is -2.32. The van der Waals surface area contributed by atoms with Crippen molar-refractivity contribution >= 4 is 11.7 Å². The molecule has 1 N–H and O–H groups in total. The average molecular weight is 299 g/mol. The average Bonchev–Trinajstić information content (AvgIpc) is 3.03. The highest BCUT2D eigenvalue weighted by atomic mass is 16.2. The van der Waals surface area contributed by atoms with Gasteiger partial charge in [0.1, 0.15) is 12.7 Å². The van der Waals surface area contributed by atoms with Crippen molar-refractivity contribution in [2.45, 2.75) is 26.3 Å². The SMILES string of the molecule is Cc1ccc(NC(=O)N2CCC[C@@H](Cn3cncn3)C2)cc1. The van der Waals surface area contributed by atoms with E-state index in [1.807, 2.05) is 40.8 Å². The number of likely N-dealkylation sites (tertiary alicyclic amines) is 1. The maximum Gasteiger partial charge on any atom is 0.321 e. The summed E-state index contributed by atoms with van der Waals surface area (Å²) >= 11 is 0. The second-order valence-corrected chi connectivity index (χ2v) is 5.87. The van der Waals surface area contributed by atoms with Crippen molar-refractivity contribution in [3.8, 4) is 0 Å². The van der Waals surface area contributed by atoms with Crippen LogP contribution in [0.1, 0.15) is 18.4 Å². The molecule has 1 aromatic carbocycles. The van der Waals surface area contributed by atoms with E-state index in [-0.39, 0.29) is 6.03 Å². The zero-order valence-corrected chi connectivity index (χ0v) is 12.8. The molecule has 1 fully saturated rings. The fourth-order valence-electron chi connectivity index (χ4n) is 2.83. The molecular weight excluding hydrogens is 278 g/mol. The minimum atomic E-state index is -0.0212. The van der Waals surface area contributed by atoms with E-state index in [0.717, 1.165) is 38.2 Å². The third-order valence-electron chi connectivity index (χ3n) is 4.02. The van der Waals surface area contributed by atoms with Crippen LogP contribution in [0.15, 0.2) is 36.9 Å². The third-order valence-corrected chi connectivity index (χ3v) is 4.02. The van der Waals surface area contributed by atoms with E-state index in [1.54, 1.807) is 12.7 Å². The molecule has 6 nitrogen and oxygen atoms in total. The Morgan fingerprint density at radius 1 is 1.36 bits per heavy atom. The summed E-state index contributed by atoms with van der Waals surface area (Å²) in [5.74, 6) is 0.430. The molecule has 1 saturated heterocycles. The van der Waals surface area contributed by atoms with E-state index in [1.165, 1.54) is 5.56 Å². The molecule has 2 amide bonds. The Morgan fingerprint density at radius 2 is 2.18 bits per heavy atom. The summed E-state index contributed by atoms with van der Waals surface area (Å²) in [6.45, 7) is 4.42. The van der Waals surface area contributed by atoms with Crippen LogP contribution < -0.4 is 5.32 Å². The monoisotopic (exact) mass is 299 g/mol. The van der Waals surface area contributed by atoms with Crippen LogP contribution in [0.5, 0.6) is 0 Å². The number of piperidine rings is 1. The van der Waals surface area contributed by atoms with Gasteiger partial charge in [-0.1, -0.05) is 17.7 Å². The van der Waals surface area contributed by atoms with Crippen molar-refractivity contribution in [1.82, 2.24) is 19.7 Å². The number of carbonyl (C=O) groups is 1. The number of nitrogens with zero attached hydrogens (tertiary/aromatic N) is 4. The third kappa shape index (κ3) is 3.63. The first-order valence-corrected chi connectivity index (χ1v) is 7.66. The van der Waals surface area contributed by atoms with E-state index < -0.39 is 0 Å². The van der Waals surface area contributed by atoms with Crippen molar-refractivity contribution < 1.29 is 4.79 Å². The first kappa shape index (κ1) is 14.6. The van der Waals surface area contributed by atoms with Gasteiger partial charge in [-0.3, -0.25) is 4.68 Å². The lowest BCUT2D eigenvalue weighted by molar-refractivity contribution is 0.168. The van der Waals surface area contributed by atoms with E-state index in [2.05, 4.69) is 15.4 Å². The van der Waals surface area contributed by atoms with Crippen LogP contribution in [0.2, 0.25) is 0 Å². The first-order valence-electron chi connectivity index (χ1n) is 7.66. The summed E-state index contributed by atoms with van der Waals surface area (Å²) in [6, 6.07) is 7.85. The zero-order valence-electron chi connectivity index (χ0n) is 12.8.